The van der Waals surface area contributed by atoms with Gasteiger partial charge < -0.3 is 5.21 Å². The molecule has 0 saturated carbocycles. The van der Waals surface area contributed by atoms with Gasteiger partial charge in [-0.05, 0) is 23.8 Å². The van der Waals surface area contributed by atoms with Gasteiger partial charge in [-0.25, -0.2) is 4.39 Å². The summed E-state index contributed by atoms with van der Waals surface area (Å²) in [6.07, 6.45) is 0.805. The van der Waals surface area contributed by atoms with Crippen molar-refractivity contribution in [1.82, 2.24) is 0 Å². The Balaban J connectivity index is 2.81. The molecule has 1 aromatic rings. The fraction of sp³-hybridized carbons (Fsp3) is 0.111. The molecule has 0 radical (unpaired) electrons. The molecule has 14 heavy (non-hydrogen) atoms. The highest BCUT2D eigenvalue weighted by Crippen LogP contribution is 2.15. The van der Waals surface area contributed by atoms with Crippen LogP contribution in [0.15, 0.2) is 27.8 Å². The van der Waals surface area contributed by atoms with Crippen molar-refractivity contribution in [3.63, 3.8) is 0 Å². The second-order valence-corrected chi connectivity index (χ2v) is 3.58. The first-order chi connectivity index (χ1) is 6.61. The maximum Gasteiger partial charge on any atom is 0.181 e. The average Bonchev–Trinajstić information content (AvgIpc) is 2.01. The van der Waals surface area contributed by atoms with Gasteiger partial charge in [-0.3, -0.25) is 4.79 Å². The van der Waals surface area contributed by atoms with E-state index in [1.54, 1.807) is 6.07 Å². The van der Waals surface area contributed by atoms with Crippen molar-refractivity contribution in [3.8, 4) is 0 Å². The van der Waals surface area contributed by atoms with Gasteiger partial charge in [0.05, 0.1) is 0 Å². The van der Waals surface area contributed by atoms with Crippen LogP contribution in [0.5, 0.6) is 0 Å². The SMILES string of the molecule is O=C(/C=N/O)Cc1cc(F)cc(Br)c1. The Bertz CT molecular complexity index is 359. The summed E-state index contributed by atoms with van der Waals surface area (Å²) >= 11 is 3.11. The van der Waals surface area contributed by atoms with Gasteiger partial charge >= 0.3 is 0 Å². The van der Waals surface area contributed by atoms with Crippen molar-refractivity contribution in [3.05, 3.63) is 34.1 Å². The summed E-state index contributed by atoms with van der Waals surface area (Å²) in [5, 5.41) is 10.7. The standard InChI is InChI=1S/C9H7BrFNO2/c10-7-1-6(2-8(11)4-7)3-9(13)5-12-14/h1-2,4-5,14H,3H2/b12-5+. The van der Waals surface area contributed by atoms with Gasteiger partial charge in [-0.1, -0.05) is 21.1 Å². The third kappa shape index (κ3) is 3.26. The van der Waals surface area contributed by atoms with Crippen LogP contribution in [-0.2, 0) is 11.2 Å². The van der Waals surface area contributed by atoms with Gasteiger partial charge in [0, 0.05) is 10.9 Å². The molecule has 0 fully saturated rings. The van der Waals surface area contributed by atoms with Crippen LogP contribution in [-0.4, -0.2) is 17.2 Å². The average molecular weight is 260 g/mol. The van der Waals surface area contributed by atoms with Crippen molar-refractivity contribution < 1.29 is 14.4 Å². The Morgan fingerprint density at radius 1 is 1.57 bits per heavy atom. The molecule has 1 N–H and O–H groups in total. The summed E-state index contributed by atoms with van der Waals surface area (Å²) in [7, 11) is 0. The Morgan fingerprint density at radius 2 is 2.29 bits per heavy atom. The number of rotatable bonds is 3. The van der Waals surface area contributed by atoms with E-state index in [9.17, 15) is 9.18 Å². The van der Waals surface area contributed by atoms with Crippen LogP contribution in [0, 0.1) is 5.82 Å². The van der Waals surface area contributed by atoms with E-state index in [-0.39, 0.29) is 12.2 Å². The number of carbonyl (C=O) groups excluding carboxylic acids is 1. The van der Waals surface area contributed by atoms with Crippen LogP contribution in [0.3, 0.4) is 0 Å². The van der Waals surface area contributed by atoms with Crippen molar-refractivity contribution in [2.24, 2.45) is 5.16 Å². The Hall–Kier alpha value is -1.23. The van der Waals surface area contributed by atoms with Crippen LogP contribution in [0.1, 0.15) is 5.56 Å². The molecule has 1 rings (SSSR count). The highest BCUT2D eigenvalue weighted by molar-refractivity contribution is 9.10. The number of Topliss-reactive ketones (excluding diaryl/α,β-unsaturated/α-hetero) is 1. The predicted octanol–water partition coefficient (Wildman–Crippen LogP) is 2.16. The molecule has 0 saturated heterocycles. The highest BCUT2D eigenvalue weighted by Gasteiger charge is 2.03. The third-order valence-electron chi connectivity index (χ3n) is 1.50. The van der Waals surface area contributed by atoms with Crippen LogP contribution in [0.25, 0.3) is 0 Å². The van der Waals surface area contributed by atoms with Crippen LogP contribution < -0.4 is 0 Å². The maximum atomic E-state index is 12.8. The third-order valence-corrected chi connectivity index (χ3v) is 1.96. The molecule has 0 bridgehead atoms. The lowest BCUT2D eigenvalue weighted by molar-refractivity contribution is -0.112. The molecule has 0 spiro atoms. The van der Waals surface area contributed by atoms with E-state index < -0.39 is 5.82 Å². The molecule has 0 aliphatic carbocycles. The van der Waals surface area contributed by atoms with E-state index in [4.69, 9.17) is 5.21 Å². The Labute approximate surface area is 88.4 Å². The number of hydrogen-bond acceptors (Lipinski definition) is 3. The lowest BCUT2D eigenvalue weighted by atomic mass is 10.1. The molecule has 0 amide bonds. The van der Waals surface area contributed by atoms with Crippen molar-refractivity contribution in [2.75, 3.05) is 0 Å². The number of halogens is 2. The smallest absolute Gasteiger partial charge is 0.181 e. The second-order valence-electron chi connectivity index (χ2n) is 2.67. The minimum Gasteiger partial charge on any atom is -0.411 e. The number of hydrogen-bond donors (Lipinski definition) is 1. The number of oxime groups is 1. The fourth-order valence-electron chi connectivity index (χ4n) is 1.02. The largest absolute Gasteiger partial charge is 0.411 e. The molecule has 3 nitrogen and oxygen atoms in total. The zero-order valence-corrected chi connectivity index (χ0v) is 8.66. The van der Waals surface area contributed by atoms with Crippen molar-refractivity contribution >= 4 is 27.9 Å². The molecule has 0 heterocycles. The first-order valence-corrected chi connectivity index (χ1v) is 4.56. The van der Waals surface area contributed by atoms with Gasteiger partial charge in [0.15, 0.2) is 5.78 Å². The summed E-state index contributed by atoms with van der Waals surface area (Å²) < 4.78 is 13.4. The quantitative estimate of drug-likeness (QED) is 0.514. The molecule has 0 unspecified atom stereocenters. The summed E-state index contributed by atoms with van der Waals surface area (Å²) in [6.45, 7) is 0. The Kier molecular flexibility index (Phi) is 3.76. The zero-order chi connectivity index (χ0) is 10.6. The minimum atomic E-state index is -0.414. The van der Waals surface area contributed by atoms with Crippen LogP contribution >= 0.6 is 15.9 Å². The summed E-state index contributed by atoms with van der Waals surface area (Å²) in [5.74, 6) is -0.798. The minimum absolute atomic E-state index is 0.0143. The van der Waals surface area contributed by atoms with Crippen LogP contribution in [0.2, 0.25) is 0 Å². The van der Waals surface area contributed by atoms with E-state index in [1.165, 1.54) is 12.1 Å². The predicted molar refractivity (Wildman–Crippen MR) is 53.1 cm³/mol. The summed E-state index contributed by atoms with van der Waals surface area (Å²) in [4.78, 5) is 11.0. The topological polar surface area (TPSA) is 49.7 Å². The number of benzene rings is 1. The van der Waals surface area contributed by atoms with Gasteiger partial charge in [0.2, 0.25) is 0 Å². The monoisotopic (exact) mass is 259 g/mol. The lowest BCUT2D eigenvalue weighted by Gasteiger charge is -1.98. The first kappa shape index (κ1) is 10.8. The van der Waals surface area contributed by atoms with Crippen LogP contribution in [0.4, 0.5) is 4.39 Å². The maximum absolute atomic E-state index is 12.8. The molecule has 1 aromatic carbocycles. The number of carbonyl (C=O) groups is 1. The molecular weight excluding hydrogens is 253 g/mol. The summed E-state index contributed by atoms with van der Waals surface area (Å²) in [6, 6.07) is 4.19. The van der Waals surface area contributed by atoms with E-state index in [0.717, 1.165) is 6.21 Å². The first-order valence-electron chi connectivity index (χ1n) is 3.77. The van der Waals surface area contributed by atoms with Gasteiger partial charge in [0.25, 0.3) is 0 Å². The number of nitrogens with zero attached hydrogens (tertiary/aromatic N) is 1. The normalized spacial score (nSPS) is 10.7. The Morgan fingerprint density at radius 3 is 2.86 bits per heavy atom. The molecule has 74 valence electrons. The highest BCUT2D eigenvalue weighted by atomic mass is 79.9. The molecule has 0 aliphatic heterocycles. The van der Waals surface area contributed by atoms with Crippen molar-refractivity contribution in [1.29, 1.82) is 0 Å². The molecule has 5 heteroatoms. The molecular formula is C9H7BrFNO2. The summed E-state index contributed by atoms with van der Waals surface area (Å²) in [5.41, 5.74) is 0.529. The molecule has 0 aromatic heterocycles. The molecule has 0 aliphatic rings. The van der Waals surface area contributed by atoms with Gasteiger partial charge in [-0.2, -0.15) is 0 Å². The lowest BCUT2D eigenvalue weighted by Crippen LogP contribution is -2.04. The fourth-order valence-corrected chi connectivity index (χ4v) is 1.54. The van der Waals surface area contributed by atoms with Crippen molar-refractivity contribution in [2.45, 2.75) is 6.42 Å². The van der Waals surface area contributed by atoms with Gasteiger partial charge in [0.1, 0.15) is 12.0 Å². The van der Waals surface area contributed by atoms with E-state index in [1.807, 2.05) is 0 Å². The van der Waals surface area contributed by atoms with E-state index in [2.05, 4.69) is 21.1 Å². The van der Waals surface area contributed by atoms with Gasteiger partial charge in [-0.15, -0.1) is 0 Å². The zero-order valence-electron chi connectivity index (χ0n) is 7.08. The van der Waals surface area contributed by atoms with E-state index in [0.29, 0.717) is 10.0 Å². The van der Waals surface area contributed by atoms with E-state index >= 15 is 0 Å². The number of ketones is 1. The molecule has 0 atom stereocenters. The second kappa shape index (κ2) is 4.85.